The molecule has 4 rings (SSSR count). The molecular weight excluding hydrogens is 446 g/mol. The predicted molar refractivity (Wildman–Crippen MR) is 135 cm³/mol. The molecule has 1 aromatic heterocycles. The molecule has 2 amide bonds. The van der Waals surface area contributed by atoms with E-state index in [1.165, 1.54) is 5.56 Å². The van der Waals surface area contributed by atoms with E-state index in [2.05, 4.69) is 58.2 Å². The van der Waals surface area contributed by atoms with Crippen LogP contribution >= 0.6 is 11.8 Å². The number of carbonyl (C=O) groups is 2. The van der Waals surface area contributed by atoms with E-state index in [4.69, 9.17) is 0 Å². The molecule has 1 aliphatic heterocycles. The van der Waals surface area contributed by atoms with Crippen LogP contribution in [0.5, 0.6) is 0 Å². The van der Waals surface area contributed by atoms with E-state index in [0.29, 0.717) is 31.0 Å². The van der Waals surface area contributed by atoms with E-state index in [1.54, 1.807) is 28.8 Å². The number of nitrogens with zero attached hydrogens (tertiary/aromatic N) is 4. The van der Waals surface area contributed by atoms with Gasteiger partial charge in [0.25, 0.3) is 5.91 Å². The lowest BCUT2D eigenvalue weighted by atomic mass is 10.1. The Kier molecular flexibility index (Phi) is 8.00. The Morgan fingerprint density at radius 3 is 2.68 bits per heavy atom. The summed E-state index contributed by atoms with van der Waals surface area (Å²) in [6.45, 7) is 6.11. The van der Waals surface area contributed by atoms with Crippen molar-refractivity contribution in [1.29, 1.82) is 0 Å². The Hall–Kier alpha value is -3.13. The summed E-state index contributed by atoms with van der Waals surface area (Å²) >= 11 is 1.69. The van der Waals surface area contributed by atoms with Gasteiger partial charge in [-0.1, -0.05) is 62.0 Å². The van der Waals surface area contributed by atoms with Gasteiger partial charge < -0.3 is 14.8 Å². The normalized spacial score (nSPS) is 13.6. The predicted octanol–water partition coefficient (Wildman–Crippen LogP) is 4.33. The molecule has 0 bridgehead atoms. The maximum Gasteiger partial charge on any atom is 0.251 e. The lowest BCUT2D eigenvalue weighted by Gasteiger charge is -2.16. The molecule has 0 spiro atoms. The topological polar surface area (TPSA) is 80.1 Å². The van der Waals surface area contributed by atoms with Crippen molar-refractivity contribution < 1.29 is 9.59 Å². The van der Waals surface area contributed by atoms with E-state index in [0.717, 1.165) is 41.8 Å². The number of carbonyl (C=O) groups excluding carboxylic acids is 2. The Morgan fingerprint density at radius 2 is 1.94 bits per heavy atom. The molecule has 1 fully saturated rings. The van der Waals surface area contributed by atoms with E-state index in [1.807, 2.05) is 18.2 Å². The summed E-state index contributed by atoms with van der Waals surface area (Å²) in [6, 6.07) is 17.6. The van der Waals surface area contributed by atoms with E-state index < -0.39 is 0 Å². The SMILES string of the molecule is CC(C)Cn1c(CNC(=O)c2cccc(N3CCCC3=O)c2)nnc1SCCc1ccccc1. The van der Waals surface area contributed by atoms with Crippen LogP contribution in [-0.4, -0.2) is 38.9 Å². The molecule has 0 radical (unpaired) electrons. The van der Waals surface area contributed by atoms with Crippen LogP contribution in [0.25, 0.3) is 0 Å². The minimum absolute atomic E-state index is 0.108. The Bertz CT molecular complexity index is 1130. The molecule has 1 aliphatic rings. The number of benzene rings is 2. The average Bonchev–Trinajstić information content (AvgIpc) is 3.44. The lowest BCUT2D eigenvalue weighted by molar-refractivity contribution is -0.117. The molecule has 7 nitrogen and oxygen atoms in total. The molecule has 0 atom stereocenters. The summed E-state index contributed by atoms with van der Waals surface area (Å²) in [5, 5.41) is 12.6. The summed E-state index contributed by atoms with van der Waals surface area (Å²) in [5.41, 5.74) is 2.61. The second-order valence-corrected chi connectivity index (χ2v) is 9.93. The standard InChI is InChI=1S/C26H31N5O2S/c1-19(2)18-31-23(28-29-26(31)34-15-13-20-8-4-3-5-9-20)17-27-25(33)21-10-6-11-22(16-21)30-14-7-12-24(30)32/h3-6,8-11,16,19H,7,12-15,17-18H2,1-2H3,(H,27,33). The highest BCUT2D eigenvalue weighted by Crippen LogP contribution is 2.23. The monoisotopic (exact) mass is 477 g/mol. The van der Waals surface area contributed by atoms with Gasteiger partial charge in [-0.3, -0.25) is 9.59 Å². The van der Waals surface area contributed by atoms with Crippen LogP contribution in [0.3, 0.4) is 0 Å². The number of hydrogen-bond acceptors (Lipinski definition) is 5. The van der Waals surface area contributed by atoms with Gasteiger partial charge in [0.15, 0.2) is 11.0 Å². The van der Waals surface area contributed by atoms with Gasteiger partial charge >= 0.3 is 0 Å². The fourth-order valence-electron chi connectivity index (χ4n) is 4.01. The van der Waals surface area contributed by atoms with E-state index in [-0.39, 0.29) is 11.8 Å². The number of nitrogens with one attached hydrogen (secondary N) is 1. The van der Waals surface area contributed by atoms with Crippen molar-refractivity contribution >= 4 is 29.3 Å². The third-order valence-corrected chi connectivity index (χ3v) is 6.67. The molecule has 2 heterocycles. The zero-order valence-electron chi connectivity index (χ0n) is 19.7. The fraction of sp³-hybridized carbons (Fsp3) is 0.385. The van der Waals surface area contributed by atoms with Crippen LogP contribution in [0.15, 0.2) is 59.8 Å². The van der Waals surface area contributed by atoms with Crippen LogP contribution in [0, 0.1) is 5.92 Å². The number of thioether (sulfide) groups is 1. The van der Waals surface area contributed by atoms with Gasteiger partial charge in [0.2, 0.25) is 5.91 Å². The van der Waals surface area contributed by atoms with Gasteiger partial charge in [0.1, 0.15) is 0 Å². The highest BCUT2D eigenvalue weighted by molar-refractivity contribution is 7.99. The van der Waals surface area contributed by atoms with Crippen molar-refractivity contribution in [2.24, 2.45) is 5.92 Å². The molecule has 0 saturated carbocycles. The Labute approximate surface area is 205 Å². The number of anilines is 1. The van der Waals surface area contributed by atoms with Crippen molar-refractivity contribution in [3.8, 4) is 0 Å². The second-order valence-electron chi connectivity index (χ2n) is 8.87. The van der Waals surface area contributed by atoms with Gasteiger partial charge in [0, 0.05) is 36.5 Å². The zero-order chi connectivity index (χ0) is 23.9. The minimum atomic E-state index is -0.189. The quantitative estimate of drug-likeness (QED) is 0.440. The molecule has 1 N–H and O–H groups in total. The van der Waals surface area contributed by atoms with Gasteiger partial charge in [-0.15, -0.1) is 10.2 Å². The smallest absolute Gasteiger partial charge is 0.251 e. The fourth-order valence-corrected chi connectivity index (χ4v) is 4.96. The molecule has 34 heavy (non-hydrogen) atoms. The molecule has 1 saturated heterocycles. The summed E-state index contributed by atoms with van der Waals surface area (Å²) in [6.07, 6.45) is 2.38. The average molecular weight is 478 g/mol. The third-order valence-electron chi connectivity index (χ3n) is 5.71. The van der Waals surface area contributed by atoms with Gasteiger partial charge in [0.05, 0.1) is 6.54 Å². The lowest BCUT2D eigenvalue weighted by Crippen LogP contribution is -2.27. The van der Waals surface area contributed by atoms with Crippen LogP contribution in [0.1, 0.15) is 48.4 Å². The number of hydrogen-bond donors (Lipinski definition) is 1. The molecular formula is C26H31N5O2S. The first kappa shape index (κ1) is 24.0. The van der Waals surface area contributed by atoms with E-state index >= 15 is 0 Å². The molecule has 2 aromatic carbocycles. The maximum absolute atomic E-state index is 12.9. The highest BCUT2D eigenvalue weighted by atomic mass is 32.2. The van der Waals surface area contributed by atoms with Gasteiger partial charge in [-0.2, -0.15) is 0 Å². The van der Waals surface area contributed by atoms with Gasteiger partial charge in [-0.25, -0.2) is 0 Å². The van der Waals surface area contributed by atoms with Crippen LogP contribution < -0.4 is 10.2 Å². The molecule has 8 heteroatoms. The van der Waals surface area contributed by atoms with Crippen LogP contribution in [0.4, 0.5) is 5.69 Å². The first-order valence-corrected chi connectivity index (χ1v) is 12.8. The maximum atomic E-state index is 12.9. The zero-order valence-corrected chi connectivity index (χ0v) is 20.6. The number of aromatic nitrogens is 3. The minimum Gasteiger partial charge on any atom is -0.345 e. The van der Waals surface area contributed by atoms with E-state index in [9.17, 15) is 9.59 Å². The summed E-state index contributed by atoms with van der Waals surface area (Å²) in [7, 11) is 0. The number of amides is 2. The van der Waals surface area contributed by atoms with Crippen molar-refractivity contribution in [2.45, 2.75) is 51.4 Å². The van der Waals surface area contributed by atoms with Crippen LogP contribution in [-0.2, 0) is 24.3 Å². The Balaban J connectivity index is 1.40. The number of rotatable bonds is 10. The van der Waals surface area contributed by atoms with Gasteiger partial charge in [-0.05, 0) is 42.5 Å². The summed E-state index contributed by atoms with van der Waals surface area (Å²) in [4.78, 5) is 26.7. The molecule has 0 unspecified atom stereocenters. The summed E-state index contributed by atoms with van der Waals surface area (Å²) in [5.74, 6) is 2.00. The van der Waals surface area contributed by atoms with Crippen molar-refractivity contribution in [2.75, 3.05) is 17.2 Å². The largest absolute Gasteiger partial charge is 0.345 e. The summed E-state index contributed by atoms with van der Waals surface area (Å²) < 4.78 is 2.11. The molecule has 0 aliphatic carbocycles. The van der Waals surface area contributed by atoms with Crippen molar-refractivity contribution in [3.63, 3.8) is 0 Å². The van der Waals surface area contributed by atoms with Crippen molar-refractivity contribution in [1.82, 2.24) is 20.1 Å². The van der Waals surface area contributed by atoms with Crippen molar-refractivity contribution in [3.05, 3.63) is 71.5 Å². The van der Waals surface area contributed by atoms with Crippen LogP contribution in [0.2, 0.25) is 0 Å². The number of aryl methyl sites for hydroxylation is 1. The molecule has 3 aromatic rings. The third kappa shape index (κ3) is 6.05. The Morgan fingerprint density at radius 1 is 1.12 bits per heavy atom. The molecule has 178 valence electrons. The highest BCUT2D eigenvalue weighted by Gasteiger charge is 2.22. The second kappa shape index (κ2) is 11.3. The first-order chi connectivity index (χ1) is 16.5. The first-order valence-electron chi connectivity index (χ1n) is 11.8.